The Morgan fingerprint density at radius 3 is 3.09 bits per heavy atom. The van der Waals surface area contributed by atoms with Gasteiger partial charge in [0.15, 0.2) is 5.65 Å². The highest BCUT2D eigenvalue weighted by Crippen LogP contribution is 2.08. The molecule has 2 heterocycles. The number of hydrogen-bond acceptors (Lipinski definition) is 3. The van der Waals surface area contributed by atoms with E-state index < -0.39 is 0 Å². The van der Waals surface area contributed by atoms with Crippen LogP contribution in [0.3, 0.4) is 0 Å². The van der Waals surface area contributed by atoms with Crippen molar-refractivity contribution in [3.8, 4) is 0 Å². The topological polar surface area (TPSA) is 43.1 Å². The summed E-state index contributed by atoms with van der Waals surface area (Å²) in [7, 11) is 0. The van der Waals surface area contributed by atoms with E-state index in [4.69, 9.17) is 0 Å². The summed E-state index contributed by atoms with van der Waals surface area (Å²) >= 11 is 3.24. The van der Waals surface area contributed by atoms with Crippen molar-refractivity contribution in [2.24, 2.45) is 0 Å². The average Bonchev–Trinajstić information content (AvgIpc) is 2.32. The number of hydrogen-bond donors (Lipinski definition) is 0. The van der Waals surface area contributed by atoms with Crippen LogP contribution in [0.1, 0.15) is 5.69 Å². The molecule has 2 rings (SSSR count). The lowest BCUT2D eigenvalue weighted by Crippen LogP contribution is -1.88. The fourth-order valence-electron chi connectivity index (χ4n) is 0.861. The average molecular weight is 213 g/mol. The summed E-state index contributed by atoms with van der Waals surface area (Å²) in [5.41, 5.74) is 1.75. The molecule has 0 aliphatic heterocycles. The van der Waals surface area contributed by atoms with E-state index in [1.165, 1.54) is 0 Å². The lowest BCUT2D eigenvalue weighted by Gasteiger charge is -1.92. The Kier molecular flexibility index (Phi) is 1.38. The molecule has 5 heteroatoms. The Hall–Kier alpha value is -0.970. The summed E-state index contributed by atoms with van der Waals surface area (Å²) in [4.78, 5) is 4.09. The van der Waals surface area contributed by atoms with Gasteiger partial charge in [0.05, 0.1) is 0 Å². The van der Waals surface area contributed by atoms with Gasteiger partial charge in [-0.15, -0.1) is 10.2 Å². The van der Waals surface area contributed by atoms with Gasteiger partial charge >= 0.3 is 0 Å². The number of rotatable bonds is 0. The largest absolute Gasteiger partial charge is 0.260 e. The van der Waals surface area contributed by atoms with E-state index in [1.807, 2.05) is 13.0 Å². The molecule has 0 atom stereocenters. The Morgan fingerprint density at radius 1 is 1.45 bits per heavy atom. The first-order valence-electron chi connectivity index (χ1n) is 3.10. The summed E-state index contributed by atoms with van der Waals surface area (Å²) in [6.07, 6.45) is 1.69. The van der Waals surface area contributed by atoms with E-state index in [0.29, 0.717) is 4.73 Å². The molecule has 0 aliphatic carbocycles. The molecule has 0 unspecified atom stereocenters. The molecular weight excluding hydrogens is 208 g/mol. The van der Waals surface area contributed by atoms with Crippen molar-refractivity contribution < 1.29 is 0 Å². The maximum atomic E-state index is 4.09. The first kappa shape index (κ1) is 6.72. The molecule has 0 aromatic carbocycles. The van der Waals surface area contributed by atoms with Gasteiger partial charge in [0, 0.05) is 11.8 Å². The molecule has 0 saturated heterocycles. The van der Waals surface area contributed by atoms with Crippen LogP contribution in [0, 0.1) is 6.92 Å². The van der Waals surface area contributed by atoms with Gasteiger partial charge in [-0.05, 0) is 22.9 Å². The molecule has 0 saturated carbocycles. The van der Waals surface area contributed by atoms with Crippen molar-refractivity contribution in [2.75, 3.05) is 0 Å². The van der Waals surface area contributed by atoms with Crippen LogP contribution in [0.15, 0.2) is 17.1 Å². The summed E-state index contributed by atoms with van der Waals surface area (Å²) in [5, 5.41) is 7.73. The highest BCUT2D eigenvalue weighted by molar-refractivity contribution is 9.10. The maximum Gasteiger partial charge on any atom is 0.205 e. The standard InChI is InChI=1S/C6H5BrN4/c1-4-2-5-9-10-6(7)11(5)3-8-4/h2-3H,1H3. The Morgan fingerprint density at radius 2 is 2.27 bits per heavy atom. The van der Waals surface area contributed by atoms with Crippen molar-refractivity contribution in [3.63, 3.8) is 0 Å². The molecule has 0 amide bonds. The van der Waals surface area contributed by atoms with E-state index in [1.54, 1.807) is 10.7 Å². The van der Waals surface area contributed by atoms with Gasteiger partial charge in [0.1, 0.15) is 6.33 Å². The van der Waals surface area contributed by atoms with Gasteiger partial charge in [-0.3, -0.25) is 4.40 Å². The predicted octanol–water partition coefficient (Wildman–Crippen LogP) is 1.20. The molecule has 4 nitrogen and oxygen atoms in total. The summed E-state index contributed by atoms with van der Waals surface area (Å²) in [6, 6.07) is 1.87. The van der Waals surface area contributed by atoms with Gasteiger partial charge < -0.3 is 0 Å². The fraction of sp³-hybridized carbons (Fsp3) is 0.167. The van der Waals surface area contributed by atoms with Crippen molar-refractivity contribution in [3.05, 3.63) is 22.8 Å². The minimum Gasteiger partial charge on any atom is -0.260 e. The minimum absolute atomic E-state index is 0.681. The van der Waals surface area contributed by atoms with Crippen LogP contribution in [0.25, 0.3) is 5.65 Å². The van der Waals surface area contributed by atoms with Crippen molar-refractivity contribution in [1.29, 1.82) is 0 Å². The summed E-state index contributed by atoms with van der Waals surface area (Å²) < 4.78 is 2.45. The van der Waals surface area contributed by atoms with E-state index in [2.05, 4.69) is 31.1 Å². The first-order valence-corrected chi connectivity index (χ1v) is 3.89. The molecule has 0 bridgehead atoms. The highest BCUT2D eigenvalue weighted by atomic mass is 79.9. The van der Waals surface area contributed by atoms with E-state index in [9.17, 15) is 0 Å². The monoisotopic (exact) mass is 212 g/mol. The Balaban J connectivity index is 2.86. The zero-order valence-corrected chi connectivity index (χ0v) is 7.41. The normalized spacial score (nSPS) is 10.7. The molecule has 0 aliphatic rings. The van der Waals surface area contributed by atoms with Crippen molar-refractivity contribution in [1.82, 2.24) is 19.6 Å². The molecule has 0 fully saturated rings. The third kappa shape index (κ3) is 1.01. The van der Waals surface area contributed by atoms with E-state index >= 15 is 0 Å². The second-order valence-electron chi connectivity index (χ2n) is 2.23. The van der Waals surface area contributed by atoms with Crippen LogP contribution in [0.2, 0.25) is 0 Å². The minimum atomic E-state index is 0.681. The second kappa shape index (κ2) is 2.27. The number of nitrogens with zero attached hydrogens (tertiary/aromatic N) is 4. The second-order valence-corrected chi connectivity index (χ2v) is 2.94. The van der Waals surface area contributed by atoms with Gasteiger partial charge in [0.25, 0.3) is 0 Å². The van der Waals surface area contributed by atoms with Gasteiger partial charge in [-0.1, -0.05) is 0 Å². The molecular formula is C6H5BrN4. The first-order chi connectivity index (χ1) is 5.27. The highest BCUT2D eigenvalue weighted by Gasteiger charge is 2.00. The van der Waals surface area contributed by atoms with Crippen LogP contribution >= 0.6 is 15.9 Å². The molecule has 11 heavy (non-hydrogen) atoms. The lowest BCUT2D eigenvalue weighted by molar-refractivity contribution is 1.01. The number of halogens is 1. The summed E-state index contributed by atoms with van der Waals surface area (Å²) in [6.45, 7) is 1.92. The third-order valence-electron chi connectivity index (χ3n) is 1.40. The van der Waals surface area contributed by atoms with Gasteiger partial charge in [-0.2, -0.15) is 0 Å². The lowest BCUT2D eigenvalue weighted by atomic mass is 10.4. The molecule has 0 radical (unpaired) electrons. The molecule has 56 valence electrons. The Bertz CT molecular complexity index is 394. The molecule has 2 aromatic heterocycles. The van der Waals surface area contributed by atoms with Crippen LogP contribution in [-0.2, 0) is 0 Å². The zero-order valence-electron chi connectivity index (χ0n) is 5.82. The number of fused-ring (bicyclic) bond motifs is 1. The number of aryl methyl sites for hydroxylation is 1. The fourth-order valence-corrected chi connectivity index (χ4v) is 1.21. The molecule has 0 spiro atoms. The van der Waals surface area contributed by atoms with Crippen LogP contribution in [0.4, 0.5) is 0 Å². The number of aromatic nitrogens is 4. The SMILES string of the molecule is Cc1cc2nnc(Br)n2cn1. The summed E-state index contributed by atoms with van der Waals surface area (Å²) in [5.74, 6) is 0. The zero-order chi connectivity index (χ0) is 7.84. The van der Waals surface area contributed by atoms with Crippen LogP contribution in [-0.4, -0.2) is 19.6 Å². The third-order valence-corrected chi connectivity index (χ3v) is 1.94. The smallest absolute Gasteiger partial charge is 0.205 e. The molecule has 0 N–H and O–H groups in total. The molecule has 2 aromatic rings. The van der Waals surface area contributed by atoms with Crippen LogP contribution in [0.5, 0.6) is 0 Å². The quantitative estimate of drug-likeness (QED) is 0.660. The van der Waals surface area contributed by atoms with Gasteiger partial charge in [-0.25, -0.2) is 4.98 Å². The van der Waals surface area contributed by atoms with E-state index in [0.717, 1.165) is 11.3 Å². The Labute approximate surface area is 71.4 Å². The predicted molar refractivity (Wildman–Crippen MR) is 43.2 cm³/mol. The van der Waals surface area contributed by atoms with Crippen LogP contribution < -0.4 is 0 Å². The van der Waals surface area contributed by atoms with Gasteiger partial charge in [0.2, 0.25) is 4.73 Å². The maximum absolute atomic E-state index is 4.09. The van der Waals surface area contributed by atoms with E-state index in [-0.39, 0.29) is 0 Å². The van der Waals surface area contributed by atoms with Crippen molar-refractivity contribution >= 4 is 21.6 Å². The van der Waals surface area contributed by atoms with Crippen molar-refractivity contribution in [2.45, 2.75) is 6.92 Å².